The molecule has 1 aliphatic carbocycles. The van der Waals surface area contributed by atoms with Crippen LogP contribution in [0.25, 0.3) is 0 Å². The quantitative estimate of drug-likeness (QED) is 0.531. The van der Waals surface area contributed by atoms with Crippen molar-refractivity contribution in [2.75, 3.05) is 18.5 Å². The van der Waals surface area contributed by atoms with E-state index in [9.17, 15) is 14.4 Å². The van der Waals surface area contributed by atoms with Crippen LogP contribution in [0.3, 0.4) is 0 Å². The SMILES string of the molecule is CCOc1ccc(Oc2ccc(Cl)cc2NC(=O)CN2C(=O)NC3(CCCCCC3)C2=O)cc1. The van der Waals surface area contributed by atoms with E-state index in [4.69, 9.17) is 21.1 Å². The van der Waals surface area contributed by atoms with Crippen LogP contribution in [0.5, 0.6) is 17.2 Å². The van der Waals surface area contributed by atoms with Crippen LogP contribution in [-0.4, -0.2) is 41.4 Å². The van der Waals surface area contributed by atoms with E-state index < -0.39 is 17.5 Å². The minimum Gasteiger partial charge on any atom is -0.494 e. The molecule has 1 heterocycles. The number of rotatable bonds is 7. The van der Waals surface area contributed by atoms with Gasteiger partial charge in [-0.2, -0.15) is 0 Å². The van der Waals surface area contributed by atoms with E-state index in [2.05, 4.69) is 10.6 Å². The minimum atomic E-state index is -0.883. The van der Waals surface area contributed by atoms with Gasteiger partial charge in [0.2, 0.25) is 5.91 Å². The van der Waals surface area contributed by atoms with Crippen LogP contribution in [0.1, 0.15) is 45.4 Å². The number of halogens is 1. The van der Waals surface area contributed by atoms with Gasteiger partial charge in [-0.05, 0) is 62.2 Å². The molecule has 34 heavy (non-hydrogen) atoms. The molecule has 0 aromatic heterocycles. The summed E-state index contributed by atoms with van der Waals surface area (Å²) in [6, 6.07) is 11.4. The zero-order valence-corrected chi connectivity index (χ0v) is 19.8. The molecule has 0 bridgehead atoms. The van der Waals surface area contributed by atoms with Gasteiger partial charge in [0.05, 0.1) is 12.3 Å². The summed E-state index contributed by atoms with van der Waals surface area (Å²) in [4.78, 5) is 39.5. The highest BCUT2D eigenvalue weighted by molar-refractivity contribution is 6.31. The van der Waals surface area contributed by atoms with Crippen LogP contribution in [0.4, 0.5) is 10.5 Å². The Morgan fingerprint density at radius 3 is 2.41 bits per heavy atom. The number of nitrogens with zero attached hydrogens (tertiary/aromatic N) is 1. The molecule has 2 aromatic carbocycles. The predicted octanol–water partition coefficient (Wildman–Crippen LogP) is 5.11. The number of hydrogen-bond acceptors (Lipinski definition) is 5. The Morgan fingerprint density at radius 2 is 1.74 bits per heavy atom. The zero-order chi connectivity index (χ0) is 24.1. The lowest BCUT2D eigenvalue weighted by Crippen LogP contribution is -2.47. The van der Waals surface area contributed by atoms with Crippen molar-refractivity contribution in [1.82, 2.24) is 10.2 Å². The average Bonchev–Trinajstić information content (AvgIpc) is 2.96. The van der Waals surface area contributed by atoms with Crippen LogP contribution in [0, 0.1) is 0 Å². The molecule has 2 N–H and O–H groups in total. The summed E-state index contributed by atoms with van der Waals surface area (Å²) >= 11 is 6.14. The van der Waals surface area contributed by atoms with E-state index >= 15 is 0 Å². The van der Waals surface area contributed by atoms with Crippen LogP contribution in [-0.2, 0) is 9.59 Å². The van der Waals surface area contributed by atoms with E-state index in [1.54, 1.807) is 42.5 Å². The van der Waals surface area contributed by atoms with Crippen molar-refractivity contribution in [1.29, 1.82) is 0 Å². The highest BCUT2D eigenvalue weighted by Crippen LogP contribution is 2.34. The van der Waals surface area contributed by atoms with Crippen molar-refractivity contribution in [2.24, 2.45) is 0 Å². The lowest BCUT2D eigenvalue weighted by Gasteiger charge is -2.24. The second-order valence-corrected chi connectivity index (χ2v) is 8.95. The molecule has 0 radical (unpaired) electrons. The number of carbonyl (C=O) groups excluding carboxylic acids is 3. The maximum absolute atomic E-state index is 13.1. The molecule has 2 aromatic rings. The fourth-order valence-corrected chi connectivity index (χ4v) is 4.58. The molecule has 4 rings (SSSR count). The number of carbonyl (C=O) groups is 3. The van der Waals surface area contributed by atoms with Crippen molar-refractivity contribution in [2.45, 2.75) is 51.0 Å². The minimum absolute atomic E-state index is 0.327. The molecule has 0 atom stereocenters. The largest absolute Gasteiger partial charge is 0.494 e. The normalized spacial score (nSPS) is 17.3. The van der Waals surface area contributed by atoms with E-state index in [1.807, 2.05) is 6.92 Å². The van der Waals surface area contributed by atoms with E-state index in [0.29, 0.717) is 41.7 Å². The second kappa shape index (κ2) is 10.3. The van der Waals surface area contributed by atoms with Gasteiger partial charge in [0.25, 0.3) is 5.91 Å². The van der Waals surface area contributed by atoms with Crippen LogP contribution in [0.2, 0.25) is 5.02 Å². The Bertz CT molecular complexity index is 1060. The van der Waals surface area contributed by atoms with Crippen LogP contribution in [0.15, 0.2) is 42.5 Å². The van der Waals surface area contributed by atoms with Gasteiger partial charge in [-0.3, -0.25) is 14.5 Å². The van der Waals surface area contributed by atoms with Gasteiger partial charge in [-0.1, -0.05) is 37.3 Å². The van der Waals surface area contributed by atoms with Gasteiger partial charge in [0.1, 0.15) is 23.6 Å². The van der Waals surface area contributed by atoms with Gasteiger partial charge in [0.15, 0.2) is 5.75 Å². The van der Waals surface area contributed by atoms with Crippen LogP contribution < -0.4 is 20.1 Å². The monoisotopic (exact) mass is 485 g/mol. The third kappa shape index (κ3) is 5.28. The third-order valence-electron chi connectivity index (χ3n) is 6.08. The third-order valence-corrected chi connectivity index (χ3v) is 6.32. The molecule has 8 nitrogen and oxygen atoms in total. The molecule has 1 spiro atoms. The molecule has 180 valence electrons. The summed E-state index contributed by atoms with van der Waals surface area (Å²) in [5, 5.41) is 5.98. The molecular weight excluding hydrogens is 458 g/mol. The van der Waals surface area contributed by atoms with Crippen molar-refractivity contribution in [3.05, 3.63) is 47.5 Å². The number of benzene rings is 2. The smallest absolute Gasteiger partial charge is 0.325 e. The topological polar surface area (TPSA) is 97.0 Å². The lowest BCUT2D eigenvalue weighted by atomic mass is 9.90. The summed E-state index contributed by atoms with van der Waals surface area (Å²) in [5.41, 5.74) is -0.547. The summed E-state index contributed by atoms with van der Waals surface area (Å²) in [5.74, 6) is 0.795. The number of ether oxygens (including phenoxy) is 2. The Balaban J connectivity index is 1.45. The number of urea groups is 1. The maximum Gasteiger partial charge on any atom is 0.325 e. The van der Waals surface area contributed by atoms with Crippen molar-refractivity contribution < 1.29 is 23.9 Å². The van der Waals surface area contributed by atoms with E-state index in [0.717, 1.165) is 36.3 Å². The van der Waals surface area contributed by atoms with E-state index in [-0.39, 0.29) is 12.5 Å². The lowest BCUT2D eigenvalue weighted by molar-refractivity contribution is -0.134. The first-order chi connectivity index (χ1) is 16.4. The molecule has 1 aliphatic heterocycles. The van der Waals surface area contributed by atoms with Gasteiger partial charge in [0, 0.05) is 5.02 Å². The number of imide groups is 1. The number of amides is 4. The predicted molar refractivity (Wildman–Crippen MR) is 128 cm³/mol. The van der Waals surface area contributed by atoms with E-state index in [1.165, 1.54) is 0 Å². The number of hydrogen-bond donors (Lipinski definition) is 2. The van der Waals surface area contributed by atoms with Gasteiger partial charge in [-0.25, -0.2) is 4.79 Å². The Labute approximate surface area is 203 Å². The highest BCUT2D eigenvalue weighted by Gasteiger charge is 2.51. The molecule has 0 unspecified atom stereocenters. The summed E-state index contributed by atoms with van der Waals surface area (Å²) in [6.07, 6.45) is 5.03. The van der Waals surface area contributed by atoms with Crippen LogP contribution >= 0.6 is 11.6 Å². The van der Waals surface area contributed by atoms with Gasteiger partial charge >= 0.3 is 6.03 Å². The average molecular weight is 486 g/mol. The second-order valence-electron chi connectivity index (χ2n) is 8.51. The first-order valence-corrected chi connectivity index (χ1v) is 11.9. The number of anilines is 1. The van der Waals surface area contributed by atoms with Gasteiger partial charge < -0.3 is 20.1 Å². The fourth-order valence-electron chi connectivity index (χ4n) is 4.41. The summed E-state index contributed by atoms with van der Waals surface area (Å²) in [7, 11) is 0. The molecule has 2 aliphatic rings. The molecule has 1 saturated heterocycles. The fraction of sp³-hybridized carbons (Fsp3) is 0.400. The van der Waals surface area contributed by atoms with Gasteiger partial charge in [-0.15, -0.1) is 0 Å². The molecule has 2 fully saturated rings. The summed E-state index contributed by atoms with van der Waals surface area (Å²) < 4.78 is 11.4. The molecule has 9 heteroatoms. The standard InChI is InChI=1S/C25H28ClN3O5/c1-2-33-18-8-10-19(11-9-18)34-21-12-7-17(26)15-20(21)27-22(30)16-29-23(31)25(28-24(29)32)13-5-3-4-6-14-25/h7-12,15H,2-6,13-14,16H2,1H3,(H,27,30)(H,28,32). The molecular formula is C25H28ClN3O5. The molecule has 1 saturated carbocycles. The molecule has 4 amide bonds. The highest BCUT2D eigenvalue weighted by atomic mass is 35.5. The maximum atomic E-state index is 13.1. The first kappa shape index (κ1) is 23.9. The van der Waals surface area contributed by atoms with Crippen molar-refractivity contribution >= 4 is 35.1 Å². The number of nitrogens with one attached hydrogen (secondary N) is 2. The Kier molecular flexibility index (Phi) is 7.26. The Hall–Kier alpha value is -3.26. The summed E-state index contributed by atoms with van der Waals surface area (Å²) in [6.45, 7) is 2.08. The van der Waals surface area contributed by atoms with Crippen molar-refractivity contribution in [3.8, 4) is 17.2 Å². The zero-order valence-electron chi connectivity index (χ0n) is 19.1. The Morgan fingerprint density at radius 1 is 1.06 bits per heavy atom. The van der Waals surface area contributed by atoms with Crippen molar-refractivity contribution in [3.63, 3.8) is 0 Å². The first-order valence-electron chi connectivity index (χ1n) is 11.5.